The Labute approximate surface area is 193 Å². The van der Waals surface area contributed by atoms with Crippen LogP contribution in [0.5, 0.6) is 0 Å². The Morgan fingerprint density at radius 1 is 1.23 bits per heavy atom. The van der Waals surface area contributed by atoms with Crippen molar-refractivity contribution in [3.05, 3.63) is 28.9 Å². The summed E-state index contributed by atoms with van der Waals surface area (Å²) in [5.74, 6) is 0. The van der Waals surface area contributed by atoms with E-state index in [4.69, 9.17) is 16.6 Å². The van der Waals surface area contributed by atoms with E-state index in [-0.39, 0.29) is 27.5 Å². The molecule has 1 aromatic carbocycles. The number of halogens is 1. The number of hydrogen-bond donors (Lipinski definition) is 2. The van der Waals surface area contributed by atoms with Crippen molar-refractivity contribution in [1.29, 1.82) is 0 Å². The second-order valence-corrected chi connectivity index (χ2v) is 12.9. The third-order valence-corrected chi connectivity index (χ3v) is 9.85. The zero-order chi connectivity index (χ0) is 22.6. The number of aliphatic hydroxyl groups is 1. The van der Waals surface area contributed by atoms with Gasteiger partial charge in [0.25, 0.3) is 0 Å². The Kier molecular flexibility index (Phi) is 6.24. The van der Waals surface area contributed by atoms with E-state index in [1.54, 1.807) is 23.9 Å². The molecule has 9 heteroatoms. The zero-order valence-corrected chi connectivity index (χ0v) is 20.7. The fourth-order valence-corrected chi connectivity index (χ4v) is 7.43. The van der Waals surface area contributed by atoms with E-state index in [9.17, 15) is 13.5 Å². The maximum Gasteiger partial charge on any atom is 0.242 e. The van der Waals surface area contributed by atoms with Gasteiger partial charge >= 0.3 is 0 Å². The molecule has 0 saturated heterocycles. The van der Waals surface area contributed by atoms with Gasteiger partial charge in [0.2, 0.25) is 10.0 Å². The quantitative estimate of drug-likeness (QED) is 0.663. The molecular formula is C22H30ClN3O3S2. The molecule has 2 aromatic rings. The summed E-state index contributed by atoms with van der Waals surface area (Å²) in [7, 11) is -3.78. The standard InChI is InChI=1S/C22H30ClN3O3S2/c1-13-20(26-12-19(22(2,3)4)30-21(26)24-13)14-5-10-17(23)18(11-14)31(28,29)25-15-6-8-16(27)9-7-15/h5,10-11,15-16,19,25,27H,6-9,12H2,1-4H3. The molecule has 0 bridgehead atoms. The molecule has 0 spiro atoms. The third-order valence-electron chi connectivity index (χ3n) is 6.18. The van der Waals surface area contributed by atoms with Gasteiger partial charge in [0, 0.05) is 23.4 Å². The molecule has 2 aliphatic rings. The Morgan fingerprint density at radius 2 is 1.90 bits per heavy atom. The molecule has 6 nitrogen and oxygen atoms in total. The van der Waals surface area contributed by atoms with Crippen molar-refractivity contribution in [2.75, 3.05) is 0 Å². The minimum Gasteiger partial charge on any atom is -0.393 e. The molecule has 1 atom stereocenters. The minimum absolute atomic E-state index is 0.0887. The maximum absolute atomic E-state index is 13.1. The number of hydrogen-bond acceptors (Lipinski definition) is 5. The van der Waals surface area contributed by atoms with Crippen LogP contribution >= 0.6 is 23.4 Å². The number of nitrogens with zero attached hydrogens (tertiary/aromatic N) is 2. The van der Waals surface area contributed by atoms with E-state index in [0.717, 1.165) is 28.7 Å². The fourth-order valence-electron chi connectivity index (χ4n) is 4.29. The number of aryl methyl sites for hydroxylation is 1. The summed E-state index contributed by atoms with van der Waals surface area (Å²) in [5, 5.41) is 11.3. The Morgan fingerprint density at radius 3 is 2.55 bits per heavy atom. The molecule has 2 heterocycles. The van der Waals surface area contributed by atoms with Crippen molar-refractivity contribution < 1.29 is 13.5 Å². The molecule has 31 heavy (non-hydrogen) atoms. The van der Waals surface area contributed by atoms with Crippen LogP contribution < -0.4 is 4.72 Å². The lowest BCUT2D eigenvalue weighted by molar-refractivity contribution is 0.120. The molecule has 4 rings (SSSR count). The molecule has 170 valence electrons. The highest BCUT2D eigenvalue weighted by Gasteiger charge is 2.35. The maximum atomic E-state index is 13.1. The SMILES string of the molecule is Cc1nc2n(c1-c1ccc(Cl)c(S(=O)(=O)NC3CCC(O)CC3)c1)CC(C(C)(C)C)S2. The first-order valence-corrected chi connectivity index (χ1v) is 13.4. The summed E-state index contributed by atoms with van der Waals surface area (Å²) in [5.41, 5.74) is 2.77. The van der Waals surface area contributed by atoms with Crippen LogP contribution in [-0.2, 0) is 16.6 Å². The van der Waals surface area contributed by atoms with Crippen LogP contribution in [0.15, 0.2) is 28.3 Å². The number of fused-ring (bicyclic) bond motifs is 1. The van der Waals surface area contributed by atoms with E-state index in [1.165, 1.54) is 0 Å². The summed E-state index contributed by atoms with van der Waals surface area (Å²) in [6, 6.07) is 5.00. The highest BCUT2D eigenvalue weighted by molar-refractivity contribution is 8.00. The number of aliphatic hydroxyl groups excluding tert-OH is 1. The van der Waals surface area contributed by atoms with Gasteiger partial charge in [-0.1, -0.05) is 50.2 Å². The summed E-state index contributed by atoms with van der Waals surface area (Å²) in [4.78, 5) is 4.84. The van der Waals surface area contributed by atoms with E-state index < -0.39 is 10.0 Å². The van der Waals surface area contributed by atoms with Crippen molar-refractivity contribution >= 4 is 33.4 Å². The van der Waals surface area contributed by atoms with Gasteiger partial charge in [-0.3, -0.25) is 0 Å². The van der Waals surface area contributed by atoms with E-state index in [1.807, 2.05) is 13.0 Å². The van der Waals surface area contributed by atoms with Crippen LogP contribution in [0.2, 0.25) is 5.02 Å². The number of rotatable bonds is 4. The minimum atomic E-state index is -3.78. The van der Waals surface area contributed by atoms with Gasteiger partial charge < -0.3 is 9.67 Å². The van der Waals surface area contributed by atoms with Crippen molar-refractivity contribution in [2.24, 2.45) is 5.41 Å². The van der Waals surface area contributed by atoms with Gasteiger partial charge in [-0.25, -0.2) is 18.1 Å². The van der Waals surface area contributed by atoms with Gasteiger partial charge in [0.1, 0.15) is 4.90 Å². The largest absolute Gasteiger partial charge is 0.393 e. The lowest BCUT2D eigenvalue weighted by Crippen LogP contribution is -2.38. The predicted octanol–water partition coefficient (Wildman–Crippen LogP) is 4.61. The average molecular weight is 484 g/mol. The molecule has 1 aromatic heterocycles. The third kappa shape index (κ3) is 4.69. The predicted molar refractivity (Wildman–Crippen MR) is 125 cm³/mol. The highest BCUT2D eigenvalue weighted by atomic mass is 35.5. The number of imidazole rings is 1. The van der Waals surface area contributed by atoms with Gasteiger partial charge in [0.15, 0.2) is 5.16 Å². The van der Waals surface area contributed by atoms with Crippen LogP contribution in [0.25, 0.3) is 11.3 Å². The Bertz CT molecular complexity index is 1080. The highest BCUT2D eigenvalue weighted by Crippen LogP contribution is 2.44. The molecular weight excluding hydrogens is 454 g/mol. The Balaban J connectivity index is 1.66. The molecule has 0 radical (unpaired) electrons. The smallest absolute Gasteiger partial charge is 0.242 e. The summed E-state index contributed by atoms with van der Waals surface area (Å²) in [6.45, 7) is 9.49. The van der Waals surface area contributed by atoms with Crippen molar-refractivity contribution in [2.45, 2.75) is 87.4 Å². The van der Waals surface area contributed by atoms with Crippen LogP contribution in [0.1, 0.15) is 52.1 Å². The molecule has 1 fully saturated rings. The van der Waals surface area contributed by atoms with E-state index in [0.29, 0.717) is 30.9 Å². The number of aromatic nitrogens is 2. The van der Waals surface area contributed by atoms with Crippen molar-refractivity contribution in [3.63, 3.8) is 0 Å². The van der Waals surface area contributed by atoms with Crippen LogP contribution in [0.4, 0.5) is 0 Å². The van der Waals surface area contributed by atoms with Gasteiger partial charge in [0.05, 0.1) is 22.5 Å². The summed E-state index contributed by atoms with van der Waals surface area (Å²) >= 11 is 8.12. The molecule has 0 amide bonds. The number of nitrogens with one attached hydrogen (secondary N) is 1. The molecule has 1 aliphatic carbocycles. The van der Waals surface area contributed by atoms with Crippen LogP contribution in [-0.4, -0.2) is 40.5 Å². The van der Waals surface area contributed by atoms with Gasteiger partial charge in [-0.2, -0.15) is 0 Å². The summed E-state index contributed by atoms with van der Waals surface area (Å²) in [6.07, 6.45) is 2.12. The monoisotopic (exact) mass is 483 g/mol. The molecule has 2 N–H and O–H groups in total. The topological polar surface area (TPSA) is 84.2 Å². The average Bonchev–Trinajstić information content (AvgIpc) is 3.21. The normalized spacial score (nSPS) is 24.4. The fraction of sp³-hybridized carbons (Fsp3) is 0.591. The lowest BCUT2D eigenvalue weighted by atomic mass is 9.91. The molecule has 1 unspecified atom stereocenters. The van der Waals surface area contributed by atoms with Crippen molar-refractivity contribution in [3.8, 4) is 11.3 Å². The first kappa shape index (κ1) is 23.1. The second-order valence-electron chi connectivity index (χ2n) is 9.68. The van der Waals surface area contributed by atoms with Gasteiger partial charge in [-0.15, -0.1) is 0 Å². The van der Waals surface area contributed by atoms with Crippen molar-refractivity contribution in [1.82, 2.24) is 14.3 Å². The lowest BCUT2D eigenvalue weighted by Gasteiger charge is -2.26. The molecule has 1 aliphatic heterocycles. The van der Waals surface area contributed by atoms with Crippen LogP contribution in [0, 0.1) is 12.3 Å². The number of sulfonamides is 1. The zero-order valence-electron chi connectivity index (χ0n) is 18.4. The number of thioether (sulfide) groups is 1. The summed E-state index contributed by atoms with van der Waals surface area (Å²) < 4.78 is 31.3. The molecule has 1 saturated carbocycles. The number of benzene rings is 1. The first-order valence-electron chi connectivity index (χ1n) is 10.7. The van der Waals surface area contributed by atoms with E-state index in [2.05, 4.69) is 30.1 Å². The first-order chi connectivity index (χ1) is 14.5. The van der Waals surface area contributed by atoms with E-state index >= 15 is 0 Å². The van der Waals surface area contributed by atoms with Gasteiger partial charge in [-0.05, 0) is 50.2 Å². The van der Waals surface area contributed by atoms with Crippen LogP contribution in [0.3, 0.4) is 0 Å². The Hall–Kier alpha value is -1.06. The second kappa shape index (κ2) is 8.37.